The molecular formula is C22H25ClN4O2. The van der Waals surface area contributed by atoms with Gasteiger partial charge in [0.05, 0.1) is 11.5 Å². The number of halogens is 1. The molecule has 29 heavy (non-hydrogen) atoms. The molecule has 0 fully saturated rings. The summed E-state index contributed by atoms with van der Waals surface area (Å²) < 4.78 is 7.53. The molecule has 2 heterocycles. The van der Waals surface area contributed by atoms with Crippen molar-refractivity contribution in [2.45, 2.75) is 32.2 Å². The van der Waals surface area contributed by atoms with E-state index in [4.69, 9.17) is 22.1 Å². The number of nitrogens with zero attached hydrogens (tertiary/aromatic N) is 3. The summed E-state index contributed by atoms with van der Waals surface area (Å²) in [5, 5.41) is 10.2. The average molecular weight is 413 g/mol. The van der Waals surface area contributed by atoms with E-state index in [1.807, 2.05) is 43.3 Å². The van der Waals surface area contributed by atoms with E-state index in [1.165, 1.54) is 0 Å². The van der Waals surface area contributed by atoms with Crippen LogP contribution >= 0.6 is 11.6 Å². The largest absolute Gasteiger partial charge is 0.440 e. The first-order valence-corrected chi connectivity index (χ1v) is 10.00. The molecule has 3 rings (SSSR count). The van der Waals surface area contributed by atoms with Crippen molar-refractivity contribution in [2.75, 3.05) is 20.6 Å². The number of fused-ring (bicyclic) bond motifs is 1. The zero-order chi connectivity index (χ0) is 21.1. The molecule has 1 atom stereocenters. The van der Waals surface area contributed by atoms with Crippen LogP contribution < -0.4 is 16.0 Å². The Labute approximate surface area is 175 Å². The van der Waals surface area contributed by atoms with Crippen molar-refractivity contribution in [3.63, 3.8) is 0 Å². The number of aryl methyl sites for hydroxylation is 1. The van der Waals surface area contributed by atoms with E-state index in [1.54, 1.807) is 10.6 Å². The van der Waals surface area contributed by atoms with E-state index in [-0.39, 0.29) is 17.0 Å². The topological polar surface area (TPSA) is 84.3 Å². The molecule has 1 aliphatic rings. The molecule has 0 spiro atoms. The van der Waals surface area contributed by atoms with Gasteiger partial charge >= 0.3 is 0 Å². The third-order valence-electron chi connectivity index (χ3n) is 5.06. The van der Waals surface area contributed by atoms with Crippen molar-refractivity contribution >= 4 is 11.6 Å². The number of nitrogens with two attached hydrogens (primary N) is 1. The number of hydrogen-bond donors (Lipinski definition) is 1. The van der Waals surface area contributed by atoms with Gasteiger partial charge in [0.1, 0.15) is 17.4 Å². The van der Waals surface area contributed by atoms with Gasteiger partial charge in [-0.1, -0.05) is 43.1 Å². The molecule has 1 aliphatic heterocycles. The quantitative estimate of drug-likeness (QED) is 0.787. The van der Waals surface area contributed by atoms with E-state index < -0.39 is 5.92 Å². The zero-order valence-corrected chi connectivity index (χ0v) is 17.7. The fourth-order valence-electron chi connectivity index (χ4n) is 3.65. The minimum Gasteiger partial charge on any atom is -0.440 e. The van der Waals surface area contributed by atoms with E-state index in [2.05, 4.69) is 13.0 Å². The standard InChI is InChI=1S/C22H25ClN4O2/c1-4-7-14-12-18-20(22(28)27(14)11-10-26(2)3)19(16(13-24)21(25)29-18)15-8-5-6-9-17(15)23/h5-6,8-9,12,19H,4,7,10-11,25H2,1-3H3. The highest BCUT2D eigenvalue weighted by Gasteiger charge is 2.35. The molecule has 2 aromatic rings. The first-order valence-electron chi connectivity index (χ1n) is 9.62. The molecule has 7 heteroatoms. The average Bonchev–Trinajstić information content (AvgIpc) is 2.67. The molecule has 1 aromatic heterocycles. The van der Waals surface area contributed by atoms with Gasteiger partial charge in [-0.3, -0.25) is 4.79 Å². The number of likely N-dealkylation sites (N-methyl/N-ethyl adjacent to an activating group) is 1. The van der Waals surface area contributed by atoms with E-state index in [0.717, 1.165) is 25.1 Å². The van der Waals surface area contributed by atoms with Crippen molar-refractivity contribution in [2.24, 2.45) is 5.73 Å². The van der Waals surface area contributed by atoms with Crippen molar-refractivity contribution < 1.29 is 4.74 Å². The van der Waals surface area contributed by atoms with Crippen molar-refractivity contribution in [3.8, 4) is 11.8 Å². The fraction of sp³-hybridized carbons (Fsp3) is 0.364. The summed E-state index contributed by atoms with van der Waals surface area (Å²) in [7, 11) is 3.94. The summed E-state index contributed by atoms with van der Waals surface area (Å²) >= 11 is 6.44. The number of rotatable bonds is 6. The highest BCUT2D eigenvalue weighted by atomic mass is 35.5. The third kappa shape index (κ3) is 4.02. The highest BCUT2D eigenvalue weighted by molar-refractivity contribution is 6.31. The number of allylic oxidation sites excluding steroid dienone is 1. The molecule has 0 saturated carbocycles. The molecule has 0 aliphatic carbocycles. The zero-order valence-electron chi connectivity index (χ0n) is 16.9. The molecule has 2 N–H and O–H groups in total. The maximum Gasteiger partial charge on any atom is 0.258 e. The Morgan fingerprint density at radius 3 is 2.69 bits per heavy atom. The van der Waals surface area contributed by atoms with Crippen LogP contribution in [0.25, 0.3) is 0 Å². The van der Waals surface area contributed by atoms with Gasteiger partial charge in [0.25, 0.3) is 5.56 Å². The lowest BCUT2D eigenvalue weighted by Gasteiger charge is -2.28. The van der Waals surface area contributed by atoms with Crippen LogP contribution in [0.15, 0.2) is 46.6 Å². The number of hydrogen-bond acceptors (Lipinski definition) is 5. The highest BCUT2D eigenvalue weighted by Crippen LogP contribution is 2.42. The Bertz CT molecular complexity index is 1050. The smallest absolute Gasteiger partial charge is 0.258 e. The van der Waals surface area contributed by atoms with Crippen LogP contribution in [-0.4, -0.2) is 30.1 Å². The summed E-state index contributed by atoms with van der Waals surface area (Å²) in [6.07, 6.45) is 1.63. The van der Waals surface area contributed by atoms with E-state index >= 15 is 0 Å². The van der Waals surface area contributed by atoms with Gasteiger partial charge in [0, 0.05) is 29.9 Å². The van der Waals surface area contributed by atoms with Crippen LogP contribution in [0.4, 0.5) is 0 Å². The second-order valence-electron chi connectivity index (χ2n) is 7.37. The van der Waals surface area contributed by atoms with Crippen LogP contribution in [0.3, 0.4) is 0 Å². The summed E-state index contributed by atoms with van der Waals surface area (Å²) in [5.74, 6) is -0.245. The second-order valence-corrected chi connectivity index (χ2v) is 7.78. The minimum atomic E-state index is -0.661. The molecule has 0 bridgehead atoms. The molecule has 0 radical (unpaired) electrons. The lowest BCUT2D eigenvalue weighted by molar-refractivity contribution is 0.367. The Balaban J connectivity index is 2.28. The fourth-order valence-corrected chi connectivity index (χ4v) is 3.89. The molecular weight excluding hydrogens is 388 g/mol. The van der Waals surface area contributed by atoms with Crippen molar-refractivity contribution in [1.82, 2.24) is 9.47 Å². The first-order chi connectivity index (χ1) is 13.9. The Morgan fingerprint density at radius 1 is 1.34 bits per heavy atom. The predicted octanol–water partition coefficient (Wildman–Crippen LogP) is 3.23. The monoisotopic (exact) mass is 412 g/mol. The SMILES string of the molecule is CCCc1cc2c(c(=O)n1CCN(C)C)C(c1ccccc1Cl)C(C#N)=C(N)O2. The van der Waals surface area contributed by atoms with Gasteiger partial charge in [-0.2, -0.15) is 5.26 Å². The van der Waals surface area contributed by atoms with Crippen molar-refractivity contribution in [1.29, 1.82) is 5.26 Å². The maximum atomic E-state index is 13.6. The summed E-state index contributed by atoms with van der Waals surface area (Å²) in [6.45, 7) is 3.33. The van der Waals surface area contributed by atoms with Crippen LogP contribution in [0.1, 0.15) is 36.1 Å². The van der Waals surface area contributed by atoms with Gasteiger partial charge in [0.15, 0.2) is 0 Å². The number of ether oxygens (including phenoxy) is 1. The first kappa shape index (κ1) is 21.0. The normalized spacial score (nSPS) is 15.8. The van der Waals surface area contributed by atoms with Gasteiger partial charge < -0.3 is 19.9 Å². The summed E-state index contributed by atoms with van der Waals surface area (Å²) in [4.78, 5) is 15.7. The minimum absolute atomic E-state index is 0.0119. The number of aromatic nitrogens is 1. The molecule has 6 nitrogen and oxygen atoms in total. The Hall–Kier alpha value is -2.75. The molecule has 0 saturated heterocycles. The van der Waals surface area contributed by atoms with Crippen LogP contribution in [0, 0.1) is 11.3 Å². The predicted molar refractivity (Wildman–Crippen MR) is 114 cm³/mol. The lowest BCUT2D eigenvalue weighted by atomic mass is 9.84. The second kappa shape index (κ2) is 8.73. The van der Waals surface area contributed by atoms with Crippen LogP contribution in [0.2, 0.25) is 5.02 Å². The lowest BCUT2D eigenvalue weighted by Crippen LogP contribution is -2.35. The third-order valence-corrected chi connectivity index (χ3v) is 5.41. The Morgan fingerprint density at radius 2 is 2.07 bits per heavy atom. The molecule has 152 valence electrons. The van der Waals surface area contributed by atoms with E-state index in [9.17, 15) is 10.1 Å². The molecule has 1 aromatic carbocycles. The molecule has 1 unspecified atom stereocenters. The van der Waals surface area contributed by atoms with Crippen LogP contribution in [-0.2, 0) is 13.0 Å². The van der Waals surface area contributed by atoms with Gasteiger partial charge in [0.2, 0.25) is 5.88 Å². The van der Waals surface area contributed by atoms with Gasteiger partial charge in [-0.25, -0.2) is 0 Å². The van der Waals surface area contributed by atoms with Gasteiger partial charge in [-0.05, 0) is 32.1 Å². The number of nitriles is 1. The van der Waals surface area contributed by atoms with Crippen LogP contribution in [0.5, 0.6) is 5.75 Å². The van der Waals surface area contributed by atoms with E-state index in [0.29, 0.717) is 28.4 Å². The number of benzene rings is 1. The van der Waals surface area contributed by atoms with Crippen molar-refractivity contribution in [3.05, 3.63) is 74.0 Å². The van der Waals surface area contributed by atoms with Gasteiger partial charge in [-0.15, -0.1) is 0 Å². The number of pyridine rings is 1. The Kier molecular flexibility index (Phi) is 6.31. The summed E-state index contributed by atoms with van der Waals surface area (Å²) in [5.41, 5.74) is 8.06. The summed E-state index contributed by atoms with van der Waals surface area (Å²) in [6, 6.07) is 11.2. The maximum absolute atomic E-state index is 13.6. The molecule has 0 amide bonds.